The van der Waals surface area contributed by atoms with E-state index in [4.69, 9.17) is 14.5 Å². The summed E-state index contributed by atoms with van der Waals surface area (Å²) in [5.41, 5.74) is 4.03. The number of nitrogens with zero attached hydrogens (tertiary/aromatic N) is 3. The third-order valence-electron chi connectivity index (χ3n) is 5.84. The fourth-order valence-corrected chi connectivity index (χ4v) is 4.91. The number of ether oxygens (including phenoxy) is 2. The van der Waals surface area contributed by atoms with Crippen molar-refractivity contribution >= 4 is 35.1 Å². The van der Waals surface area contributed by atoms with Gasteiger partial charge in [-0.25, -0.2) is 24.4 Å². The van der Waals surface area contributed by atoms with Crippen LogP contribution in [-0.2, 0) is 15.9 Å². The summed E-state index contributed by atoms with van der Waals surface area (Å²) in [6.45, 7) is 4.08. The van der Waals surface area contributed by atoms with Gasteiger partial charge >= 0.3 is 18.0 Å². The molecule has 0 fully saturated rings. The molecular weight excluding hydrogens is 518 g/mol. The summed E-state index contributed by atoms with van der Waals surface area (Å²) in [5.74, 6) is -1.25. The number of pyridine rings is 2. The van der Waals surface area contributed by atoms with E-state index in [0.29, 0.717) is 46.1 Å². The van der Waals surface area contributed by atoms with Gasteiger partial charge in [0.2, 0.25) is 0 Å². The summed E-state index contributed by atoms with van der Waals surface area (Å²) in [4.78, 5) is 51.8. The maximum atomic E-state index is 13.3. The Morgan fingerprint density at radius 2 is 1.69 bits per heavy atom. The number of carbonyl (C=O) groups excluding carboxylic acids is 3. The van der Waals surface area contributed by atoms with Crippen molar-refractivity contribution in [2.45, 2.75) is 20.3 Å². The Bertz CT molecular complexity index is 1520. The Kier molecular flexibility index (Phi) is 8.62. The molecule has 0 saturated carbocycles. The van der Waals surface area contributed by atoms with E-state index < -0.39 is 18.0 Å². The molecule has 1 aromatic carbocycles. The highest BCUT2D eigenvalue weighted by Crippen LogP contribution is 2.41. The number of urea groups is 1. The van der Waals surface area contributed by atoms with Crippen molar-refractivity contribution in [2.24, 2.45) is 0 Å². The van der Waals surface area contributed by atoms with Crippen molar-refractivity contribution < 1.29 is 23.9 Å². The molecule has 39 heavy (non-hydrogen) atoms. The molecule has 2 N–H and O–H groups in total. The number of esters is 2. The van der Waals surface area contributed by atoms with E-state index in [1.807, 2.05) is 42.6 Å². The monoisotopic (exact) mass is 545 g/mol. The maximum Gasteiger partial charge on any atom is 0.342 e. The average molecular weight is 546 g/mol. The van der Waals surface area contributed by atoms with Crippen LogP contribution in [0.15, 0.2) is 54.2 Å². The Balaban J connectivity index is 2.03. The van der Waals surface area contributed by atoms with E-state index >= 15 is 0 Å². The van der Waals surface area contributed by atoms with Crippen molar-refractivity contribution in [1.82, 2.24) is 20.3 Å². The molecule has 2 amide bonds. The maximum absolute atomic E-state index is 13.3. The Hall–Kier alpha value is -4.64. The van der Waals surface area contributed by atoms with Crippen molar-refractivity contribution in [3.8, 4) is 33.0 Å². The first-order chi connectivity index (χ1) is 18.9. The first kappa shape index (κ1) is 27.4. The molecule has 10 nitrogen and oxygen atoms in total. The molecule has 3 heterocycles. The number of hydrogen-bond donors (Lipinski definition) is 2. The minimum Gasteiger partial charge on any atom is -0.465 e. The van der Waals surface area contributed by atoms with Gasteiger partial charge in [-0.1, -0.05) is 37.3 Å². The van der Waals surface area contributed by atoms with E-state index in [-0.39, 0.29) is 16.9 Å². The first-order valence-electron chi connectivity index (χ1n) is 12.2. The van der Waals surface area contributed by atoms with Gasteiger partial charge in [0, 0.05) is 52.3 Å². The summed E-state index contributed by atoms with van der Waals surface area (Å²) in [6, 6.07) is 10.8. The smallest absolute Gasteiger partial charge is 0.342 e. The zero-order valence-corrected chi connectivity index (χ0v) is 22.7. The number of methoxy groups -OCH3 is 2. The van der Waals surface area contributed by atoms with Crippen molar-refractivity contribution in [2.75, 3.05) is 26.1 Å². The van der Waals surface area contributed by atoms with Crippen LogP contribution < -0.4 is 10.6 Å². The number of anilines is 1. The molecule has 200 valence electrons. The fraction of sp³-hybridized carbons (Fsp3) is 0.214. The van der Waals surface area contributed by atoms with E-state index in [9.17, 15) is 14.4 Å². The molecule has 4 aromatic rings. The largest absolute Gasteiger partial charge is 0.465 e. The zero-order valence-electron chi connectivity index (χ0n) is 21.9. The molecule has 3 aromatic heterocycles. The molecule has 0 bridgehead atoms. The van der Waals surface area contributed by atoms with Crippen LogP contribution in [0.25, 0.3) is 33.0 Å². The van der Waals surface area contributed by atoms with Gasteiger partial charge in [-0.15, -0.1) is 11.3 Å². The second-order valence-corrected chi connectivity index (χ2v) is 9.07. The number of nitrogens with one attached hydrogen (secondary N) is 2. The predicted molar refractivity (Wildman–Crippen MR) is 149 cm³/mol. The van der Waals surface area contributed by atoms with Gasteiger partial charge in [0.1, 0.15) is 16.4 Å². The second-order valence-electron chi connectivity index (χ2n) is 8.21. The minimum atomic E-state index is -0.710. The molecule has 0 spiro atoms. The van der Waals surface area contributed by atoms with Crippen LogP contribution in [0.1, 0.15) is 40.3 Å². The van der Waals surface area contributed by atoms with Gasteiger partial charge in [-0.2, -0.15) is 0 Å². The standard InChI is InChI=1S/C28H27N5O5S/c1-5-20-18(12-17(13-30-20)26(34)37-3)19-14-31-24(33-28(36)29-6-2)23(27(35)38-4)22(19)25-32-21(15-39-25)16-10-8-7-9-11-16/h7-15H,5-6H2,1-4H3,(H2,29,31,33,36). The summed E-state index contributed by atoms with van der Waals surface area (Å²) in [6.07, 6.45) is 3.52. The van der Waals surface area contributed by atoms with Gasteiger partial charge in [0.25, 0.3) is 0 Å². The molecular formula is C28H27N5O5S. The number of rotatable bonds is 8. The van der Waals surface area contributed by atoms with E-state index in [1.165, 1.54) is 38.0 Å². The number of aromatic nitrogens is 3. The quantitative estimate of drug-likeness (QED) is 0.288. The van der Waals surface area contributed by atoms with Crippen LogP contribution in [0.2, 0.25) is 0 Å². The Morgan fingerprint density at radius 1 is 0.949 bits per heavy atom. The topological polar surface area (TPSA) is 132 Å². The van der Waals surface area contributed by atoms with Gasteiger partial charge in [-0.3, -0.25) is 10.3 Å². The molecule has 0 saturated heterocycles. The summed E-state index contributed by atoms with van der Waals surface area (Å²) < 4.78 is 10.0. The zero-order chi connectivity index (χ0) is 27.9. The van der Waals surface area contributed by atoms with E-state index in [0.717, 1.165) is 5.56 Å². The lowest BCUT2D eigenvalue weighted by atomic mass is 9.94. The highest BCUT2D eigenvalue weighted by atomic mass is 32.1. The lowest BCUT2D eigenvalue weighted by Gasteiger charge is -2.18. The van der Waals surface area contributed by atoms with Crippen molar-refractivity contribution in [1.29, 1.82) is 0 Å². The van der Waals surface area contributed by atoms with Crippen molar-refractivity contribution in [3.63, 3.8) is 0 Å². The van der Waals surface area contributed by atoms with Crippen LogP contribution in [0.5, 0.6) is 0 Å². The fourth-order valence-electron chi connectivity index (χ4n) is 4.01. The summed E-state index contributed by atoms with van der Waals surface area (Å²) >= 11 is 1.33. The number of thiazole rings is 1. The average Bonchev–Trinajstić information content (AvgIpc) is 3.46. The van der Waals surface area contributed by atoms with E-state index in [1.54, 1.807) is 13.0 Å². The third-order valence-corrected chi connectivity index (χ3v) is 6.70. The molecule has 0 aliphatic carbocycles. The highest BCUT2D eigenvalue weighted by molar-refractivity contribution is 7.13. The van der Waals surface area contributed by atoms with E-state index in [2.05, 4.69) is 20.6 Å². The van der Waals surface area contributed by atoms with Crippen LogP contribution in [0.4, 0.5) is 10.6 Å². The van der Waals surface area contributed by atoms with Crippen LogP contribution in [0.3, 0.4) is 0 Å². The van der Waals surface area contributed by atoms with Gasteiger partial charge in [-0.05, 0) is 19.4 Å². The normalized spacial score (nSPS) is 10.6. The molecule has 11 heteroatoms. The number of amides is 2. The molecule has 0 atom stereocenters. The third kappa shape index (κ3) is 5.78. The Morgan fingerprint density at radius 3 is 2.36 bits per heavy atom. The van der Waals surface area contributed by atoms with Gasteiger partial charge in [0.15, 0.2) is 0 Å². The highest BCUT2D eigenvalue weighted by Gasteiger charge is 2.28. The van der Waals surface area contributed by atoms with Crippen LogP contribution in [0, 0.1) is 0 Å². The summed E-state index contributed by atoms with van der Waals surface area (Å²) in [7, 11) is 2.55. The molecule has 0 radical (unpaired) electrons. The number of benzene rings is 1. The first-order valence-corrected chi connectivity index (χ1v) is 13.0. The lowest BCUT2D eigenvalue weighted by molar-refractivity contribution is 0.0592. The Labute approximate surface area is 229 Å². The predicted octanol–water partition coefficient (Wildman–Crippen LogP) is 5.21. The number of aryl methyl sites for hydroxylation is 1. The molecule has 0 aliphatic rings. The molecule has 0 aliphatic heterocycles. The van der Waals surface area contributed by atoms with Gasteiger partial charge < -0.3 is 14.8 Å². The van der Waals surface area contributed by atoms with Crippen molar-refractivity contribution in [3.05, 3.63) is 71.0 Å². The number of hydrogen-bond acceptors (Lipinski definition) is 9. The SMILES string of the molecule is CCNC(=O)Nc1ncc(-c2cc(C(=O)OC)cnc2CC)c(-c2nc(-c3ccccc3)cs2)c1C(=O)OC. The lowest BCUT2D eigenvalue weighted by Crippen LogP contribution is -2.29. The number of carbonyl (C=O) groups is 3. The molecule has 4 rings (SSSR count). The van der Waals surface area contributed by atoms with Crippen LogP contribution in [-0.4, -0.2) is 53.7 Å². The van der Waals surface area contributed by atoms with Gasteiger partial charge in [0.05, 0.1) is 25.5 Å². The summed E-state index contributed by atoms with van der Waals surface area (Å²) in [5, 5.41) is 7.67. The minimum absolute atomic E-state index is 0.0122. The second kappa shape index (κ2) is 12.3. The van der Waals surface area contributed by atoms with Crippen LogP contribution >= 0.6 is 11.3 Å². The molecule has 0 unspecified atom stereocenters.